The van der Waals surface area contributed by atoms with Gasteiger partial charge in [0, 0.05) is 34.8 Å². The van der Waals surface area contributed by atoms with E-state index in [2.05, 4.69) is 62.9 Å². The summed E-state index contributed by atoms with van der Waals surface area (Å²) in [7, 11) is 0. The number of nitrogens with zero attached hydrogens (tertiary/aromatic N) is 4. The molecule has 5 rings (SSSR count). The van der Waals surface area contributed by atoms with Crippen molar-refractivity contribution in [2.45, 2.75) is 32.9 Å². The summed E-state index contributed by atoms with van der Waals surface area (Å²) in [5, 5.41) is 7.19. The summed E-state index contributed by atoms with van der Waals surface area (Å²) in [6.07, 6.45) is 3.67. The number of nitrogens with one attached hydrogen (secondary N) is 1. The molecule has 1 aliphatic heterocycles. The highest BCUT2D eigenvalue weighted by atomic mass is 32.1. The van der Waals surface area contributed by atoms with Crippen molar-refractivity contribution in [3.05, 3.63) is 88.9 Å². The van der Waals surface area contributed by atoms with Crippen molar-refractivity contribution in [1.29, 1.82) is 0 Å². The van der Waals surface area contributed by atoms with Gasteiger partial charge in [-0.25, -0.2) is 4.98 Å². The molecule has 1 N–H and O–H groups in total. The van der Waals surface area contributed by atoms with Crippen molar-refractivity contribution < 1.29 is 4.74 Å². The standard InChI is InChI=1S/C25H25N5OS2/c1-4-31-19-10-8-18(9-11-19)30-23(22(28-24(30)32)21-7-5-6-12-26-21)20-15-16(2)29(17(20)3)25-27-13-14-33-25/h5-15,22-23H,4H2,1-3H3,(H,28,32)/t22-,23+/m1/s1. The monoisotopic (exact) mass is 475 g/mol. The third kappa shape index (κ3) is 3.89. The fourth-order valence-electron chi connectivity index (χ4n) is 4.53. The number of rotatable bonds is 6. The molecule has 6 nitrogen and oxygen atoms in total. The van der Waals surface area contributed by atoms with E-state index in [9.17, 15) is 0 Å². The van der Waals surface area contributed by atoms with E-state index in [-0.39, 0.29) is 12.1 Å². The normalized spacial score (nSPS) is 17.9. The van der Waals surface area contributed by atoms with E-state index < -0.39 is 0 Å². The van der Waals surface area contributed by atoms with Crippen molar-refractivity contribution in [2.24, 2.45) is 0 Å². The lowest BCUT2D eigenvalue weighted by molar-refractivity contribution is 0.340. The Balaban J connectivity index is 1.64. The van der Waals surface area contributed by atoms with E-state index in [1.165, 1.54) is 5.56 Å². The van der Waals surface area contributed by atoms with Crippen LogP contribution < -0.4 is 15.0 Å². The number of thiocarbonyl (C=S) groups is 1. The molecule has 1 aromatic carbocycles. The van der Waals surface area contributed by atoms with Crippen LogP contribution in [0.3, 0.4) is 0 Å². The Bertz CT molecular complexity index is 1250. The lowest BCUT2D eigenvalue weighted by Gasteiger charge is -2.28. The average molecular weight is 476 g/mol. The van der Waals surface area contributed by atoms with Gasteiger partial charge in [0.2, 0.25) is 0 Å². The van der Waals surface area contributed by atoms with Crippen molar-refractivity contribution in [3.8, 4) is 10.9 Å². The molecule has 1 aliphatic rings. The van der Waals surface area contributed by atoms with Gasteiger partial charge in [-0.3, -0.25) is 9.55 Å². The van der Waals surface area contributed by atoms with Crippen LogP contribution in [0, 0.1) is 13.8 Å². The zero-order valence-electron chi connectivity index (χ0n) is 18.7. The minimum Gasteiger partial charge on any atom is -0.494 e. The minimum absolute atomic E-state index is 0.0646. The van der Waals surface area contributed by atoms with Gasteiger partial charge in [-0.15, -0.1) is 11.3 Å². The Hall–Kier alpha value is -3.23. The molecule has 0 unspecified atom stereocenters. The second-order valence-electron chi connectivity index (χ2n) is 7.90. The second-order valence-corrected chi connectivity index (χ2v) is 9.16. The highest BCUT2D eigenvalue weighted by molar-refractivity contribution is 7.80. The Morgan fingerprint density at radius 2 is 1.91 bits per heavy atom. The molecule has 0 saturated carbocycles. The number of pyridine rings is 1. The first kappa shape index (κ1) is 21.6. The number of benzene rings is 1. The molecule has 4 heterocycles. The van der Waals surface area contributed by atoms with Gasteiger partial charge in [-0.1, -0.05) is 6.07 Å². The summed E-state index contributed by atoms with van der Waals surface area (Å²) < 4.78 is 7.86. The van der Waals surface area contributed by atoms with Gasteiger partial charge >= 0.3 is 0 Å². The topological polar surface area (TPSA) is 55.2 Å². The summed E-state index contributed by atoms with van der Waals surface area (Å²) in [6.45, 7) is 6.89. The molecule has 0 bridgehead atoms. The molecule has 0 aliphatic carbocycles. The third-order valence-electron chi connectivity index (χ3n) is 5.92. The molecule has 168 valence electrons. The molecular weight excluding hydrogens is 450 g/mol. The smallest absolute Gasteiger partial charge is 0.193 e. The van der Waals surface area contributed by atoms with Gasteiger partial charge in [-0.2, -0.15) is 0 Å². The van der Waals surface area contributed by atoms with E-state index >= 15 is 0 Å². The van der Waals surface area contributed by atoms with Crippen LogP contribution in [0.4, 0.5) is 5.69 Å². The summed E-state index contributed by atoms with van der Waals surface area (Å²) in [5.74, 6) is 0.846. The third-order valence-corrected chi connectivity index (χ3v) is 6.99. The van der Waals surface area contributed by atoms with Gasteiger partial charge in [0.15, 0.2) is 10.2 Å². The van der Waals surface area contributed by atoms with E-state index in [1.807, 2.05) is 49.0 Å². The Labute approximate surface area is 202 Å². The lowest BCUT2D eigenvalue weighted by Crippen LogP contribution is -2.29. The van der Waals surface area contributed by atoms with E-state index in [1.54, 1.807) is 11.3 Å². The highest BCUT2D eigenvalue weighted by Crippen LogP contribution is 2.44. The number of ether oxygens (including phenoxy) is 1. The van der Waals surface area contributed by atoms with Crippen LogP contribution in [0.2, 0.25) is 0 Å². The van der Waals surface area contributed by atoms with Crippen LogP contribution in [-0.4, -0.2) is 26.3 Å². The zero-order chi connectivity index (χ0) is 22.9. The van der Waals surface area contributed by atoms with Crippen LogP contribution in [-0.2, 0) is 0 Å². The van der Waals surface area contributed by atoms with Crippen molar-refractivity contribution >= 4 is 34.4 Å². The molecule has 33 heavy (non-hydrogen) atoms. The molecule has 0 amide bonds. The maximum atomic E-state index is 5.86. The quantitative estimate of drug-likeness (QED) is 0.371. The molecule has 1 fully saturated rings. The first-order valence-corrected chi connectivity index (χ1v) is 12.2. The van der Waals surface area contributed by atoms with Crippen LogP contribution >= 0.6 is 23.6 Å². The van der Waals surface area contributed by atoms with Crippen LogP contribution in [0.5, 0.6) is 5.75 Å². The van der Waals surface area contributed by atoms with Gasteiger partial charge in [0.05, 0.1) is 24.4 Å². The summed E-state index contributed by atoms with van der Waals surface area (Å²) in [6, 6.07) is 16.2. The molecule has 0 radical (unpaired) electrons. The number of aromatic nitrogens is 3. The Morgan fingerprint density at radius 1 is 1.09 bits per heavy atom. The summed E-state index contributed by atoms with van der Waals surface area (Å²) in [4.78, 5) is 11.4. The molecule has 2 atom stereocenters. The maximum Gasteiger partial charge on any atom is 0.193 e. The number of hydrogen-bond donors (Lipinski definition) is 1. The van der Waals surface area contributed by atoms with E-state index in [0.29, 0.717) is 11.7 Å². The number of thiazole rings is 1. The highest BCUT2D eigenvalue weighted by Gasteiger charge is 2.42. The molecular formula is C25H25N5OS2. The predicted molar refractivity (Wildman–Crippen MR) is 136 cm³/mol. The van der Waals surface area contributed by atoms with E-state index in [4.69, 9.17) is 17.0 Å². The minimum atomic E-state index is -0.0875. The maximum absolute atomic E-state index is 5.86. The molecule has 0 spiro atoms. The summed E-state index contributed by atoms with van der Waals surface area (Å²) >= 11 is 7.49. The van der Waals surface area contributed by atoms with Crippen LogP contribution in [0.25, 0.3) is 5.13 Å². The summed E-state index contributed by atoms with van der Waals surface area (Å²) in [5.41, 5.74) is 5.45. The Morgan fingerprint density at radius 3 is 2.58 bits per heavy atom. The molecule has 8 heteroatoms. The van der Waals surface area contributed by atoms with Gasteiger partial charge in [0.25, 0.3) is 0 Å². The van der Waals surface area contributed by atoms with Crippen molar-refractivity contribution in [3.63, 3.8) is 0 Å². The largest absolute Gasteiger partial charge is 0.494 e. The predicted octanol–water partition coefficient (Wildman–Crippen LogP) is 5.52. The van der Waals surface area contributed by atoms with Crippen LogP contribution in [0.15, 0.2) is 66.3 Å². The average Bonchev–Trinajstić information content (AvgIpc) is 3.53. The number of aryl methyl sites for hydroxylation is 1. The van der Waals surface area contributed by atoms with Gasteiger partial charge in [0.1, 0.15) is 5.75 Å². The van der Waals surface area contributed by atoms with Gasteiger partial charge in [-0.05, 0) is 81.0 Å². The molecule has 4 aromatic rings. The SMILES string of the molecule is CCOc1ccc(N2C(=S)N[C@H](c3ccccn3)[C@@H]2c2cc(C)n(-c3nccs3)c2C)cc1. The van der Waals surface area contributed by atoms with E-state index in [0.717, 1.165) is 33.7 Å². The lowest BCUT2D eigenvalue weighted by atomic mass is 9.96. The Kier molecular flexibility index (Phi) is 5.86. The second kappa shape index (κ2) is 8.96. The van der Waals surface area contributed by atoms with Crippen LogP contribution in [0.1, 0.15) is 41.7 Å². The van der Waals surface area contributed by atoms with Gasteiger partial charge < -0.3 is 15.0 Å². The fraction of sp³-hybridized carbons (Fsp3) is 0.240. The van der Waals surface area contributed by atoms with Crippen molar-refractivity contribution in [2.75, 3.05) is 11.5 Å². The van der Waals surface area contributed by atoms with Crippen molar-refractivity contribution in [1.82, 2.24) is 19.9 Å². The zero-order valence-corrected chi connectivity index (χ0v) is 20.4. The molecule has 3 aromatic heterocycles. The fourth-order valence-corrected chi connectivity index (χ4v) is 5.62. The number of anilines is 1. The first-order chi connectivity index (χ1) is 16.1. The number of hydrogen-bond acceptors (Lipinski definition) is 5. The molecule has 1 saturated heterocycles. The first-order valence-electron chi connectivity index (χ1n) is 10.9.